The van der Waals surface area contributed by atoms with E-state index < -0.39 is 11.9 Å². The number of carbonyl (C=O) groups is 1. The Hall–Kier alpha value is -2.48. The van der Waals surface area contributed by atoms with E-state index in [9.17, 15) is 9.18 Å². The molecule has 1 saturated heterocycles. The van der Waals surface area contributed by atoms with Crippen LogP contribution in [0.2, 0.25) is 0 Å². The van der Waals surface area contributed by atoms with Crippen molar-refractivity contribution in [2.45, 2.75) is 19.1 Å². The molecule has 0 bridgehead atoms. The van der Waals surface area contributed by atoms with E-state index >= 15 is 0 Å². The molecule has 2 aromatic rings. The molecule has 1 aromatic heterocycles. The lowest BCUT2D eigenvalue weighted by Crippen LogP contribution is -2.47. The molecule has 0 saturated carbocycles. The molecular weight excluding hydrogens is 315 g/mol. The largest absolute Gasteiger partial charge is 0.481 e. The molecule has 2 heterocycles. The summed E-state index contributed by atoms with van der Waals surface area (Å²) in [5, 5.41) is 7.87. The predicted molar refractivity (Wildman–Crippen MR) is 82.8 cm³/mol. The number of benzene rings is 1. The van der Waals surface area contributed by atoms with E-state index in [1.807, 2.05) is 7.05 Å². The molecule has 1 aromatic carbocycles. The summed E-state index contributed by atoms with van der Waals surface area (Å²) in [6, 6.07) is 5.74. The van der Waals surface area contributed by atoms with Gasteiger partial charge in [-0.05, 0) is 19.1 Å². The maximum atomic E-state index is 13.2. The minimum Gasteiger partial charge on any atom is -0.481 e. The van der Waals surface area contributed by atoms with Crippen molar-refractivity contribution in [3.8, 4) is 5.75 Å². The van der Waals surface area contributed by atoms with Crippen molar-refractivity contribution in [3.05, 3.63) is 42.2 Å². The lowest BCUT2D eigenvalue weighted by atomic mass is 10.2. The summed E-state index contributed by atoms with van der Waals surface area (Å²) in [6.07, 6.45) is 0.552. The maximum absolute atomic E-state index is 13.2. The fourth-order valence-electron chi connectivity index (χ4n) is 2.64. The van der Waals surface area contributed by atoms with Crippen molar-refractivity contribution >= 4 is 5.91 Å². The Morgan fingerprint density at radius 3 is 3.04 bits per heavy atom. The van der Waals surface area contributed by atoms with Crippen LogP contribution in [0.5, 0.6) is 5.75 Å². The molecule has 24 heavy (non-hydrogen) atoms. The highest BCUT2D eigenvalue weighted by molar-refractivity contribution is 5.81. The molecule has 0 unspecified atom stereocenters. The van der Waals surface area contributed by atoms with E-state index in [0.717, 1.165) is 0 Å². The van der Waals surface area contributed by atoms with Crippen LogP contribution in [0, 0.1) is 5.82 Å². The normalized spacial score (nSPS) is 19.1. The van der Waals surface area contributed by atoms with Crippen LogP contribution in [-0.4, -0.2) is 51.4 Å². The van der Waals surface area contributed by atoms with Crippen LogP contribution in [0.15, 0.2) is 30.6 Å². The van der Waals surface area contributed by atoms with Crippen molar-refractivity contribution in [2.75, 3.05) is 19.7 Å². The number of amides is 1. The molecule has 1 aliphatic rings. The molecule has 1 fully saturated rings. The number of halogens is 1. The lowest BCUT2D eigenvalue weighted by molar-refractivity contribution is -0.146. The summed E-state index contributed by atoms with van der Waals surface area (Å²) in [6.45, 7) is 2.92. The summed E-state index contributed by atoms with van der Waals surface area (Å²) in [5.41, 5.74) is 0. The van der Waals surface area contributed by atoms with E-state index in [1.54, 1.807) is 34.9 Å². The van der Waals surface area contributed by atoms with Gasteiger partial charge in [-0.25, -0.2) is 4.39 Å². The zero-order valence-electron chi connectivity index (χ0n) is 13.6. The van der Waals surface area contributed by atoms with E-state index in [1.165, 1.54) is 12.1 Å². The van der Waals surface area contributed by atoms with Gasteiger partial charge in [-0.15, -0.1) is 10.2 Å². The Labute approximate surface area is 139 Å². The zero-order chi connectivity index (χ0) is 17.1. The number of rotatable bonds is 4. The summed E-state index contributed by atoms with van der Waals surface area (Å²) in [4.78, 5) is 14.3. The first-order valence-electron chi connectivity index (χ1n) is 7.71. The van der Waals surface area contributed by atoms with Crippen molar-refractivity contribution in [2.24, 2.45) is 7.05 Å². The summed E-state index contributed by atoms with van der Waals surface area (Å²) in [7, 11) is 1.83. The Morgan fingerprint density at radius 1 is 1.50 bits per heavy atom. The van der Waals surface area contributed by atoms with Gasteiger partial charge in [0.05, 0.1) is 13.2 Å². The van der Waals surface area contributed by atoms with Crippen LogP contribution in [0.1, 0.15) is 18.9 Å². The highest BCUT2D eigenvalue weighted by atomic mass is 19.1. The monoisotopic (exact) mass is 334 g/mol. The van der Waals surface area contributed by atoms with Gasteiger partial charge in [-0.1, -0.05) is 6.07 Å². The molecule has 128 valence electrons. The summed E-state index contributed by atoms with van der Waals surface area (Å²) < 4.78 is 26.2. The molecule has 7 nitrogen and oxygen atoms in total. The van der Waals surface area contributed by atoms with Gasteiger partial charge in [-0.2, -0.15) is 0 Å². The molecule has 3 rings (SSSR count). The van der Waals surface area contributed by atoms with E-state index in [-0.39, 0.29) is 12.0 Å². The smallest absolute Gasteiger partial charge is 0.263 e. The van der Waals surface area contributed by atoms with Gasteiger partial charge in [-0.3, -0.25) is 4.79 Å². The van der Waals surface area contributed by atoms with Crippen molar-refractivity contribution < 1.29 is 18.7 Å². The van der Waals surface area contributed by atoms with Crippen molar-refractivity contribution in [1.29, 1.82) is 0 Å². The SMILES string of the molecule is C[C@H](Oc1cccc(F)c1)C(=O)N1CCO[C@H](c2nncn2C)C1. The molecule has 1 aliphatic heterocycles. The second kappa shape index (κ2) is 6.96. The van der Waals surface area contributed by atoms with Crippen LogP contribution < -0.4 is 4.74 Å². The summed E-state index contributed by atoms with van der Waals surface area (Å²) in [5.74, 6) is 0.427. The molecule has 0 radical (unpaired) electrons. The number of hydrogen-bond donors (Lipinski definition) is 0. The molecule has 8 heteroatoms. The molecule has 0 spiro atoms. The predicted octanol–water partition coefficient (Wildman–Crippen LogP) is 1.32. The first-order valence-corrected chi connectivity index (χ1v) is 7.71. The topological polar surface area (TPSA) is 69.5 Å². The van der Waals surface area contributed by atoms with Gasteiger partial charge in [0, 0.05) is 19.7 Å². The standard InChI is InChI=1S/C16H19FN4O3/c1-11(24-13-5-3-4-12(17)8-13)16(22)21-6-7-23-14(9-21)15-19-18-10-20(15)2/h3-5,8,10-11,14H,6-7,9H2,1-2H3/t11-,14-/m0/s1. The van der Waals surface area contributed by atoms with Crippen LogP contribution >= 0.6 is 0 Å². The van der Waals surface area contributed by atoms with Crippen LogP contribution in [0.3, 0.4) is 0 Å². The van der Waals surface area contributed by atoms with E-state index in [4.69, 9.17) is 9.47 Å². The second-order valence-electron chi connectivity index (χ2n) is 5.66. The minimum atomic E-state index is -0.718. The number of carbonyl (C=O) groups excluding carboxylic acids is 1. The van der Waals surface area contributed by atoms with Crippen LogP contribution in [0.4, 0.5) is 4.39 Å². The molecule has 0 aliphatic carbocycles. The van der Waals surface area contributed by atoms with Crippen molar-refractivity contribution in [3.63, 3.8) is 0 Å². The molecule has 0 N–H and O–H groups in total. The molecule has 2 atom stereocenters. The number of aromatic nitrogens is 3. The maximum Gasteiger partial charge on any atom is 0.263 e. The first kappa shape index (κ1) is 16.4. The van der Waals surface area contributed by atoms with Gasteiger partial charge in [0.15, 0.2) is 11.9 Å². The van der Waals surface area contributed by atoms with Gasteiger partial charge >= 0.3 is 0 Å². The third kappa shape index (κ3) is 3.53. The minimum absolute atomic E-state index is 0.172. The number of morpholine rings is 1. The number of hydrogen-bond acceptors (Lipinski definition) is 5. The van der Waals surface area contributed by atoms with Gasteiger partial charge in [0.1, 0.15) is 24.0 Å². The number of ether oxygens (including phenoxy) is 2. The quantitative estimate of drug-likeness (QED) is 0.843. The highest BCUT2D eigenvalue weighted by Gasteiger charge is 2.31. The Kier molecular flexibility index (Phi) is 4.75. The number of nitrogens with zero attached hydrogens (tertiary/aromatic N) is 4. The van der Waals surface area contributed by atoms with Gasteiger partial charge in [0.2, 0.25) is 0 Å². The average molecular weight is 334 g/mol. The number of aryl methyl sites for hydroxylation is 1. The summed E-state index contributed by atoms with van der Waals surface area (Å²) >= 11 is 0. The van der Waals surface area contributed by atoms with Crippen molar-refractivity contribution in [1.82, 2.24) is 19.7 Å². The second-order valence-corrected chi connectivity index (χ2v) is 5.66. The van der Waals surface area contributed by atoms with Crippen LogP contribution in [0.25, 0.3) is 0 Å². The molecule has 1 amide bonds. The Balaban J connectivity index is 1.64. The Morgan fingerprint density at radius 2 is 2.33 bits per heavy atom. The van der Waals surface area contributed by atoms with Gasteiger partial charge < -0.3 is 18.9 Å². The fourth-order valence-corrected chi connectivity index (χ4v) is 2.64. The average Bonchev–Trinajstić information content (AvgIpc) is 3.00. The molecular formula is C16H19FN4O3. The Bertz CT molecular complexity index is 721. The third-order valence-electron chi connectivity index (χ3n) is 3.87. The lowest BCUT2D eigenvalue weighted by Gasteiger charge is -2.33. The first-order chi connectivity index (χ1) is 11.5. The van der Waals surface area contributed by atoms with Gasteiger partial charge in [0.25, 0.3) is 5.91 Å². The highest BCUT2D eigenvalue weighted by Crippen LogP contribution is 2.21. The van der Waals surface area contributed by atoms with Crippen LogP contribution in [-0.2, 0) is 16.6 Å². The fraction of sp³-hybridized carbons (Fsp3) is 0.438. The van der Waals surface area contributed by atoms with E-state index in [2.05, 4.69) is 10.2 Å². The third-order valence-corrected chi connectivity index (χ3v) is 3.87. The zero-order valence-corrected chi connectivity index (χ0v) is 13.6. The van der Waals surface area contributed by atoms with E-state index in [0.29, 0.717) is 31.3 Å².